The van der Waals surface area contributed by atoms with E-state index in [0.717, 1.165) is 0 Å². The maximum Gasteiger partial charge on any atom is -0.0191 e. The summed E-state index contributed by atoms with van der Waals surface area (Å²) >= 11 is 0. The summed E-state index contributed by atoms with van der Waals surface area (Å²) in [7, 11) is 0. The smallest absolute Gasteiger partial charge is 0.0191 e. The van der Waals surface area contributed by atoms with Crippen molar-refractivity contribution in [1.82, 2.24) is 0 Å². The minimum Gasteiger partial charge on any atom is -0.0725 e. The molecule has 0 aromatic heterocycles. The van der Waals surface area contributed by atoms with Crippen LogP contribution in [0.3, 0.4) is 0 Å². The highest BCUT2D eigenvalue weighted by Crippen LogP contribution is 2.33. The van der Waals surface area contributed by atoms with Gasteiger partial charge >= 0.3 is 0 Å². The molecule has 19 heavy (non-hydrogen) atoms. The summed E-state index contributed by atoms with van der Waals surface area (Å²) in [6.45, 7) is 13.9. The van der Waals surface area contributed by atoms with Crippen LogP contribution in [0, 0.1) is 5.92 Å². The van der Waals surface area contributed by atoms with Gasteiger partial charge < -0.3 is 0 Å². The first kappa shape index (κ1) is 16.3. The van der Waals surface area contributed by atoms with Gasteiger partial charge in [-0.25, -0.2) is 0 Å². The molecule has 0 aliphatic heterocycles. The zero-order valence-corrected chi connectivity index (χ0v) is 13.9. The highest BCUT2D eigenvalue weighted by atomic mass is 14.2. The molecule has 0 fully saturated rings. The Morgan fingerprint density at radius 1 is 1.11 bits per heavy atom. The van der Waals surface area contributed by atoms with Gasteiger partial charge in [-0.1, -0.05) is 50.8 Å². The van der Waals surface area contributed by atoms with E-state index in [1.165, 1.54) is 38.5 Å². The van der Waals surface area contributed by atoms with E-state index >= 15 is 0 Å². The third kappa shape index (κ3) is 4.37. The molecule has 0 amide bonds. The maximum absolute atomic E-state index is 2.49. The van der Waals surface area contributed by atoms with Gasteiger partial charge in [0.15, 0.2) is 0 Å². The van der Waals surface area contributed by atoms with Crippen LogP contribution >= 0.6 is 0 Å². The largest absolute Gasteiger partial charge is 0.0725 e. The molecule has 0 bridgehead atoms. The SMILES string of the molecule is CCCCCC1=C(CC)C(C)=C(C)C(C)CC(C)=C1. The average molecular weight is 260 g/mol. The Bertz CT molecular complexity index is 390. The first-order valence-electron chi connectivity index (χ1n) is 8.08. The molecule has 0 saturated carbocycles. The minimum absolute atomic E-state index is 0.690. The van der Waals surface area contributed by atoms with Crippen LogP contribution in [0.25, 0.3) is 0 Å². The Hall–Kier alpha value is -0.780. The van der Waals surface area contributed by atoms with Gasteiger partial charge in [0.25, 0.3) is 0 Å². The van der Waals surface area contributed by atoms with Crippen LogP contribution in [-0.4, -0.2) is 0 Å². The molecule has 0 aromatic rings. The van der Waals surface area contributed by atoms with Crippen molar-refractivity contribution >= 4 is 0 Å². The second-order valence-corrected chi connectivity index (χ2v) is 6.22. The summed E-state index contributed by atoms with van der Waals surface area (Å²) in [5, 5.41) is 0. The van der Waals surface area contributed by atoms with E-state index in [9.17, 15) is 0 Å². The van der Waals surface area contributed by atoms with E-state index < -0.39 is 0 Å². The van der Waals surface area contributed by atoms with Crippen LogP contribution in [0.15, 0.2) is 33.9 Å². The molecule has 0 heteroatoms. The van der Waals surface area contributed by atoms with Crippen LogP contribution in [0.2, 0.25) is 0 Å². The van der Waals surface area contributed by atoms with Gasteiger partial charge in [-0.05, 0) is 69.1 Å². The number of rotatable bonds is 5. The van der Waals surface area contributed by atoms with Gasteiger partial charge in [-0.2, -0.15) is 0 Å². The van der Waals surface area contributed by atoms with Crippen LogP contribution < -0.4 is 0 Å². The maximum atomic E-state index is 2.49. The van der Waals surface area contributed by atoms with Gasteiger partial charge in [-0.15, -0.1) is 0 Å². The highest BCUT2D eigenvalue weighted by molar-refractivity contribution is 5.44. The number of hydrogen-bond acceptors (Lipinski definition) is 0. The Morgan fingerprint density at radius 2 is 1.79 bits per heavy atom. The van der Waals surface area contributed by atoms with Crippen molar-refractivity contribution in [1.29, 1.82) is 0 Å². The normalized spacial score (nSPS) is 21.4. The second kappa shape index (κ2) is 7.72. The first-order valence-corrected chi connectivity index (χ1v) is 8.08. The molecule has 1 aliphatic rings. The molecule has 1 rings (SSSR count). The van der Waals surface area contributed by atoms with E-state index in [1.807, 2.05) is 0 Å². The summed E-state index contributed by atoms with van der Waals surface area (Å²) in [5.74, 6) is 0.690. The first-order chi connectivity index (χ1) is 9.01. The Labute approximate surface area is 120 Å². The predicted octanol–water partition coefficient (Wildman–Crippen LogP) is 6.60. The lowest BCUT2D eigenvalue weighted by molar-refractivity contribution is 0.656. The van der Waals surface area contributed by atoms with Crippen LogP contribution in [0.5, 0.6) is 0 Å². The zero-order valence-electron chi connectivity index (χ0n) is 13.9. The molecular weight excluding hydrogens is 228 g/mol. The van der Waals surface area contributed by atoms with Gasteiger partial charge in [0, 0.05) is 0 Å². The lowest BCUT2D eigenvalue weighted by Gasteiger charge is -2.23. The summed E-state index contributed by atoms with van der Waals surface area (Å²) in [5.41, 5.74) is 7.93. The second-order valence-electron chi connectivity index (χ2n) is 6.22. The molecule has 0 aromatic carbocycles. The summed E-state index contributed by atoms with van der Waals surface area (Å²) in [6.07, 6.45) is 10.1. The molecule has 1 atom stereocenters. The van der Waals surface area contributed by atoms with Crippen molar-refractivity contribution in [3.05, 3.63) is 33.9 Å². The van der Waals surface area contributed by atoms with Crippen LogP contribution in [0.1, 0.15) is 80.1 Å². The Balaban J connectivity index is 3.15. The average Bonchev–Trinajstić information content (AvgIpc) is 2.37. The van der Waals surface area contributed by atoms with Crippen molar-refractivity contribution in [2.75, 3.05) is 0 Å². The number of hydrogen-bond donors (Lipinski definition) is 0. The van der Waals surface area contributed by atoms with Crippen LogP contribution in [-0.2, 0) is 0 Å². The molecule has 1 aliphatic carbocycles. The predicted molar refractivity (Wildman–Crippen MR) is 87.4 cm³/mol. The lowest BCUT2D eigenvalue weighted by atomic mass is 9.82. The topological polar surface area (TPSA) is 0 Å². The molecule has 0 heterocycles. The summed E-state index contributed by atoms with van der Waals surface area (Å²) in [6, 6.07) is 0. The molecule has 1 unspecified atom stereocenters. The lowest BCUT2D eigenvalue weighted by Crippen LogP contribution is -2.06. The summed E-state index contributed by atoms with van der Waals surface area (Å²) in [4.78, 5) is 0. The summed E-state index contributed by atoms with van der Waals surface area (Å²) < 4.78 is 0. The van der Waals surface area contributed by atoms with Crippen LogP contribution in [0.4, 0.5) is 0 Å². The molecule has 0 spiro atoms. The van der Waals surface area contributed by atoms with Crippen molar-refractivity contribution in [3.63, 3.8) is 0 Å². The van der Waals surface area contributed by atoms with Crippen molar-refractivity contribution in [2.24, 2.45) is 5.92 Å². The highest BCUT2D eigenvalue weighted by Gasteiger charge is 2.16. The molecule has 0 N–H and O–H groups in total. The van der Waals surface area contributed by atoms with E-state index in [0.29, 0.717) is 5.92 Å². The van der Waals surface area contributed by atoms with E-state index in [2.05, 4.69) is 47.6 Å². The van der Waals surface area contributed by atoms with Gasteiger partial charge in [0.2, 0.25) is 0 Å². The van der Waals surface area contributed by atoms with Crippen molar-refractivity contribution in [2.45, 2.75) is 80.1 Å². The quantitative estimate of drug-likeness (QED) is 0.489. The van der Waals surface area contributed by atoms with Crippen molar-refractivity contribution in [3.8, 4) is 0 Å². The zero-order chi connectivity index (χ0) is 14.4. The minimum atomic E-state index is 0.690. The Kier molecular flexibility index (Phi) is 6.62. The standard InChI is InChI=1S/C19H32/c1-7-9-10-11-18-13-14(3)12-15(4)16(5)17(6)19(18)8-2/h13,15H,7-12H2,1-6H3. The molecule has 0 nitrogen and oxygen atoms in total. The number of allylic oxidation sites excluding steroid dienone is 6. The van der Waals surface area contributed by atoms with Gasteiger partial charge in [-0.3, -0.25) is 0 Å². The van der Waals surface area contributed by atoms with Gasteiger partial charge in [0.1, 0.15) is 0 Å². The molecule has 108 valence electrons. The van der Waals surface area contributed by atoms with Crippen molar-refractivity contribution < 1.29 is 0 Å². The Morgan fingerprint density at radius 3 is 2.37 bits per heavy atom. The molecular formula is C19H32. The third-order valence-corrected chi connectivity index (χ3v) is 4.62. The third-order valence-electron chi connectivity index (χ3n) is 4.62. The van der Waals surface area contributed by atoms with Gasteiger partial charge in [0.05, 0.1) is 0 Å². The molecule has 0 radical (unpaired) electrons. The molecule has 0 saturated heterocycles. The van der Waals surface area contributed by atoms with E-state index in [4.69, 9.17) is 0 Å². The van der Waals surface area contributed by atoms with E-state index in [-0.39, 0.29) is 0 Å². The van der Waals surface area contributed by atoms with E-state index in [1.54, 1.807) is 27.9 Å². The fourth-order valence-electron chi connectivity index (χ4n) is 3.21. The number of unbranched alkanes of at least 4 members (excludes halogenated alkanes) is 2. The monoisotopic (exact) mass is 260 g/mol. The fourth-order valence-corrected chi connectivity index (χ4v) is 3.21. The fraction of sp³-hybridized carbons (Fsp3) is 0.684.